The van der Waals surface area contributed by atoms with E-state index >= 15 is 13.2 Å². The van der Waals surface area contributed by atoms with Gasteiger partial charge in [0.15, 0.2) is 5.82 Å². The van der Waals surface area contributed by atoms with E-state index in [9.17, 15) is 35.1 Å². The molecule has 12 heteroatoms. The van der Waals surface area contributed by atoms with Crippen LogP contribution < -0.4 is 4.74 Å². The minimum absolute atomic E-state index is 0.118. The quantitative estimate of drug-likeness (QED) is 0.145. The van der Waals surface area contributed by atoms with Crippen molar-refractivity contribution < 1.29 is 53.0 Å². The SMILES string of the molecule is Cc1ccc2c(F)c(-c3cc(F)c(C(F)(F)Oc4cc(F)c5c(F)c(C#CC(F)(F)F)c(F)cc5c4)c(F)c3)ccc2c1. The van der Waals surface area contributed by atoms with E-state index in [-0.39, 0.29) is 17.0 Å². The van der Waals surface area contributed by atoms with Gasteiger partial charge < -0.3 is 4.74 Å². The van der Waals surface area contributed by atoms with Gasteiger partial charge in [-0.15, -0.1) is 0 Å². The average molecular weight is 610 g/mol. The molecule has 0 amide bonds. The first-order chi connectivity index (χ1) is 20.1. The van der Waals surface area contributed by atoms with E-state index in [4.69, 9.17) is 0 Å². The Balaban J connectivity index is 1.52. The zero-order valence-electron chi connectivity index (χ0n) is 21.3. The fraction of sp³-hybridized carbons (Fsp3) is 0.0968. The van der Waals surface area contributed by atoms with E-state index in [1.165, 1.54) is 24.1 Å². The minimum Gasteiger partial charge on any atom is -0.429 e. The molecule has 0 atom stereocenters. The number of halogens is 11. The van der Waals surface area contributed by atoms with Crippen molar-refractivity contribution >= 4 is 21.5 Å². The Bertz CT molecular complexity index is 1980. The van der Waals surface area contributed by atoms with Gasteiger partial charge in [0.05, 0.1) is 10.9 Å². The van der Waals surface area contributed by atoms with Crippen molar-refractivity contribution in [2.45, 2.75) is 19.2 Å². The number of aryl methyl sites for hydroxylation is 1. The Labute approximate surface area is 235 Å². The Kier molecular flexibility index (Phi) is 7.24. The molecule has 0 spiro atoms. The van der Waals surface area contributed by atoms with Crippen LogP contribution in [0.4, 0.5) is 48.3 Å². The second-order valence-corrected chi connectivity index (χ2v) is 9.38. The van der Waals surface area contributed by atoms with E-state index < -0.39 is 80.4 Å². The molecule has 0 saturated heterocycles. The van der Waals surface area contributed by atoms with Crippen LogP contribution in [0.1, 0.15) is 16.7 Å². The molecule has 0 bridgehead atoms. The number of ether oxygens (including phenoxy) is 1. The van der Waals surface area contributed by atoms with Crippen LogP contribution in [0.3, 0.4) is 0 Å². The summed E-state index contributed by atoms with van der Waals surface area (Å²) >= 11 is 0. The Morgan fingerprint density at radius 1 is 0.651 bits per heavy atom. The highest BCUT2D eigenvalue weighted by Crippen LogP contribution is 2.40. The first-order valence-corrected chi connectivity index (χ1v) is 12.0. The van der Waals surface area contributed by atoms with Crippen LogP contribution in [0.15, 0.2) is 60.7 Å². The van der Waals surface area contributed by atoms with Crippen LogP contribution in [-0.2, 0) is 6.11 Å². The van der Waals surface area contributed by atoms with Crippen LogP contribution in [-0.4, -0.2) is 6.18 Å². The molecule has 43 heavy (non-hydrogen) atoms. The Morgan fingerprint density at radius 2 is 1.33 bits per heavy atom. The van der Waals surface area contributed by atoms with Gasteiger partial charge in [0.1, 0.15) is 40.4 Å². The Morgan fingerprint density at radius 3 is 1.98 bits per heavy atom. The van der Waals surface area contributed by atoms with Gasteiger partial charge in [0, 0.05) is 22.9 Å². The second-order valence-electron chi connectivity index (χ2n) is 9.38. The monoisotopic (exact) mass is 610 g/mol. The zero-order valence-corrected chi connectivity index (χ0v) is 21.3. The standard InChI is InChI=1S/C31H13F11O/c1-14-2-4-19-15(8-14)3-5-20(28(19)36)16-10-24(34)27(25(35)11-16)31(41,42)43-18-9-17-12-22(32)21(6-7-30(38,39)40)29(37)26(17)23(33)13-18/h2-5,8-13H,1H3. The molecule has 220 valence electrons. The number of rotatable bonds is 4. The normalized spacial score (nSPS) is 12.0. The molecule has 0 aliphatic carbocycles. The second kappa shape index (κ2) is 10.5. The summed E-state index contributed by atoms with van der Waals surface area (Å²) in [5, 5.41) is -1.26. The number of alkyl halides is 5. The lowest BCUT2D eigenvalue weighted by molar-refractivity contribution is -0.189. The van der Waals surface area contributed by atoms with Crippen LogP contribution in [0, 0.1) is 53.7 Å². The molecule has 0 aliphatic rings. The van der Waals surface area contributed by atoms with Gasteiger partial charge in [-0.25, -0.2) is 26.3 Å². The molecular weight excluding hydrogens is 597 g/mol. The van der Waals surface area contributed by atoms with Gasteiger partial charge in [-0.3, -0.25) is 0 Å². The lowest BCUT2D eigenvalue weighted by Crippen LogP contribution is -2.25. The molecule has 0 saturated carbocycles. The molecule has 0 N–H and O–H groups in total. The summed E-state index contributed by atoms with van der Waals surface area (Å²) in [7, 11) is 0. The van der Waals surface area contributed by atoms with Gasteiger partial charge in [-0.05, 0) is 47.5 Å². The highest BCUT2D eigenvalue weighted by molar-refractivity contribution is 5.89. The van der Waals surface area contributed by atoms with E-state index in [0.29, 0.717) is 35.6 Å². The summed E-state index contributed by atoms with van der Waals surface area (Å²) in [6, 6.07) is 9.29. The molecule has 1 nitrogen and oxygen atoms in total. The summed E-state index contributed by atoms with van der Waals surface area (Å²) in [6.07, 6.45) is -9.96. The summed E-state index contributed by atoms with van der Waals surface area (Å²) in [4.78, 5) is 0. The van der Waals surface area contributed by atoms with Crippen molar-refractivity contribution in [3.05, 3.63) is 112 Å². The average Bonchev–Trinajstić information content (AvgIpc) is 2.86. The van der Waals surface area contributed by atoms with Crippen molar-refractivity contribution in [3.63, 3.8) is 0 Å². The number of hydrogen-bond acceptors (Lipinski definition) is 1. The summed E-state index contributed by atoms with van der Waals surface area (Å²) in [5.74, 6) is -9.04. The van der Waals surface area contributed by atoms with E-state index in [0.717, 1.165) is 5.56 Å². The van der Waals surface area contributed by atoms with E-state index in [1.54, 1.807) is 19.1 Å². The summed E-state index contributed by atoms with van der Waals surface area (Å²) in [6.45, 7) is 1.77. The zero-order chi connectivity index (χ0) is 31.4. The molecule has 0 heterocycles. The van der Waals surface area contributed by atoms with Gasteiger partial charge in [-0.2, -0.15) is 22.0 Å². The summed E-state index contributed by atoms with van der Waals surface area (Å²) < 4.78 is 160. The van der Waals surface area contributed by atoms with Crippen LogP contribution in [0.25, 0.3) is 32.7 Å². The number of fused-ring (bicyclic) bond motifs is 2. The van der Waals surface area contributed by atoms with Crippen molar-refractivity contribution in [1.29, 1.82) is 0 Å². The molecule has 5 rings (SSSR count). The van der Waals surface area contributed by atoms with Crippen molar-refractivity contribution in [1.82, 2.24) is 0 Å². The van der Waals surface area contributed by atoms with E-state index in [1.807, 2.05) is 0 Å². The Hall–Kier alpha value is -4.79. The maximum absolute atomic E-state index is 15.2. The van der Waals surface area contributed by atoms with Crippen molar-refractivity contribution in [2.24, 2.45) is 0 Å². The first-order valence-electron chi connectivity index (χ1n) is 12.0. The highest BCUT2D eigenvalue weighted by Gasteiger charge is 2.41. The topological polar surface area (TPSA) is 9.23 Å². The number of hydrogen-bond donors (Lipinski definition) is 0. The molecular formula is C31H13F11O. The lowest BCUT2D eigenvalue weighted by atomic mass is 9.97. The van der Waals surface area contributed by atoms with Crippen molar-refractivity contribution in [2.75, 3.05) is 0 Å². The molecule has 5 aromatic carbocycles. The predicted molar refractivity (Wildman–Crippen MR) is 135 cm³/mol. The smallest absolute Gasteiger partial charge is 0.429 e. The van der Waals surface area contributed by atoms with Crippen molar-refractivity contribution in [3.8, 4) is 28.7 Å². The van der Waals surface area contributed by atoms with Crippen LogP contribution in [0.2, 0.25) is 0 Å². The fourth-order valence-electron chi connectivity index (χ4n) is 4.53. The largest absolute Gasteiger partial charge is 0.458 e. The predicted octanol–water partition coefficient (Wildman–Crippen LogP) is 9.85. The van der Waals surface area contributed by atoms with Gasteiger partial charge >= 0.3 is 12.3 Å². The molecule has 0 aromatic heterocycles. The van der Waals surface area contributed by atoms with Gasteiger partial charge in [-0.1, -0.05) is 41.8 Å². The molecule has 0 aliphatic heterocycles. The molecule has 0 radical (unpaired) electrons. The lowest BCUT2D eigenvalue weighted by Gasteiger charge is -2.20. The summed E-state index contributed by atoms with van der Waals surface area (Å²) in [5.41, 5.74) is -3.23. The highest BCUT2D eigenvalue weighted by atomic mass is 19.4. The molecule has 5 aromatic rings. The van der Waals surface area contributed by atoms with Crippen LogP contribution in [0.5, 0.6) is 5.75 Å². The van der Waals surface area contributed by atoms with Gasteiger partial charge in [0.25, 0.3) is 0 Å². The maximum Gasteiger partial charge on any atom is 0.458 e. The third-order valence-corrected chi connectivity index (χ3v) is 6.38. The van der Waals surface area contributed by atoms with Crippen LogP contribution >= 0.6 is 0 Å². The number of benzene rings is 5. The third-order valence-electron chi connectivity index (χ3n) is 6.38. The first kappa shape index (κ1) is 29.7. The molecule has 0 unspecified atom stereocenters. The fourth-order valence-corrected chi connectivity index (χ4v) is 4.53. The maximum atomic E-state index is 15.2. The minimum atomic E-state index is -5.12. The van der Waals surface area contributed by atoms with Gasteiger partial charge in [0.2, 0.25) is 0 Å². The third kappa shape index (κ3) is 5.67. The van der Waals surface area contributed by atoms with E-state index in [2.05, 4.69) is 4.74 Å². The molecule has 0 fully saturated rings.